The van der Waals surface area contributed by atoms with Crippen LogP contribution in [-0.2, 0) is 4.74 Å². The Balaban J connectivity index is 2.06. The van der Waals surface area contributed by atoms with Gasteiger partial charge in [-0.2, -0.15) is 0 Å². The number of rotatable bonds is 7. The first-order valence-corrected chi connectivity index (χ1v) is 6.95. The molecular formula is C15H22N2O2. The summed E-state index contributed by atoms with van der Waals surface area (Å²) in [7, 11) is 0. The zero-order valence-electron chi connectivity index (χ0n) is 11.4. The van der Waals surface area contributed by atoms with Crippen molar-refractivity contribution in [3.8, 4) is 0 Å². The monoisotopic (exact) mass is 262 g/mol. The van der Waals surface area contributed by atoms with E-state index in [1.165, 1.54) is 12.8 Å². The molecule has 2 rings (SSSR count). The minimum atomic E-state index is -0.707. The van der Waals surface area contributed by atoms with Gasteiger partial charge in [0.15, 0.2) is 0 Å². The van der Waals surface area contributed by atoms with Crippen LogP contribution in [0.3, 0.4) is 0 Å². The van der Waals surface area contributed by atoms with E-state index in [0.29, 0.717) is 6.04 Å². The van der Waals surface area contributed by atoms with Crippen LogP contribution in [0.1, 0.15) is 37.9 Å². The fourth-order valence-corrected chi connectivity index (χ4v) is 2.38. The number of hydrogen-bond donors (Lipinski definition) is 1. The smallest absolute Gasteiger partial charge is 0.405 e. The Bertz CT molecular complexity index is 404. The van der Waals surface area contributed by atoms with Gasteiger partial charge in [0.25, 0.3) is 0 Å². The highest BCUT2D eigenvalue weighted by molar-refractivity contribution is 5.65. The highest BCUT2D eigenvalue weighted by atomic mass is 16.6. The van der Waals surface area contributed by atoms with Gasteiger partial charge in [0.1, 0.15) is 6.10 Å². The van der Waals surface area contributed by atoms with Crippen molar-refractivity contribution in [1.29, 1.82) is 0 Å². The van der Waals surface area contributed by atoms with E-state index in [2.05, 4.69) is 11.8 Å². The van der Waals surface area contributed by atoms with Gasteiger partial charge < -0.3 is 10.5 Å². The van der Waals surface area contributed by atoms with Crippen molar-refractivity contribution in [2.75, 3.05) is 13.1 Å². The lowest BCUT2D eigenvalue weighted by Gasteiger charge is -2.26. The Morgan fingerprint density at radius 1 is 1.42 bits per heavy atom. The molecule has 1 saturated carbocycles. The van der Waals surface area contributed by atoms with Crippen LogP contribution in [0.2, 0.25) is 0 Å². The Hall–Kier alpha value is -1.55. The predicted molar refractivity (Wildman–Crippen MR) is 74.7 cm³/mol. The molecule has 1 fully saturated rings. The topological polar surface area (TPSA) is 55.6 Å². The molecule has 1 aromatic carbocycles. The van der Waals surface area contributed by atoms with Crippen LogP contribution in [0.15, 0.2) is 30.3 Å². The van der Waals surface area contributed by atoms with Crippen LogP contribution in [-0.4, -0.2) is 30.1 Å². The van der Waals surface area contributed by atoms with Gasteiger partial charge in [-0.05, 0) is 31.4 Å². The number of benzene rings is 1. The van der Waals surface area contributed by atoms with E-state index >= 15 is 0 Å². The van der Waals surface area contributed by atoms with Gasteiger partial charge >= 0.3 is 6.09 Å². The number of nitrogens with two attached hydrogens (primary N) is 1. The van der Waals surface area contributed by atoms with Crippen molar-refractivity contribution < 1.29 is 9.53 Å². The maximum Gasteiger partial charge on any atom is 0.405 e. The second-order valence-electron chi connectivity index (χ2n) is 5.06. The molecule has 0 bridgehead atoms. The normalized spacial score (nSPS) is 16.3. The third-order valence-electron chi connectivity index (χ3n) is 3.40. The Morgan fingerprint density at radius 3 is 2.63 bits per heavy atom. The van der Waals surface area contributed by atoms with Crippen LogP contribution < -0.4 is 5.73 Å². The van der Waals surface area contributed by atoms with Crippen LogP contribution >= 0.6 is 0 Å². The molecular weight excluding hydrogens is 240 g/mol. The quantitative estimate of drug-likeness (QED) is 0.822. The van der Waals surface area contributed by atoms with Gasteiger partial charge in [0.2, 0.25) is 0 Å². The zero-order chi connectivity index (χ0) is 13.7. The summed E-state index contributed by atoms with van der Waals surface area (Å²) in [5.74, 6) is 0. The first-order chi connectivity index (χ1) is 9.20. The highest BCUT2D eigenvalue weighted by Crippen LogP contribution is 2.30. The molecule has 4 heteroatoms. The van der Waals surface area contributed by atoms with Crippen molar-refractivity contribution in [3.05, 3.63) is 35.9 Å². The lowest BCUT2D eigenvalue weighted by molar-refractivity contribution is 0.0734. The molecule has 0 radical (unpaired) electrons. The third-order valence-corrected chi connectivity index (χ3v) is 3.40. The molecule has 0 aromatic heterocycles. The summed E-state index contributed by atoms with van der Waals surface area (Å²) in [6.07, 6.45) is 2.62. The van der Waals surface area contributed by atoms with E-state index < -0.39 is 6.09 Å². The van der Waals surface area contributed by atoms with E-state index in [9.17, 15) is 4.79 Å². The summed E-state index contributed by atoms with van der Waals surface area (Å²) in [5, 5.41) is 0. The van der Waals surface area contributed by atoms with E-state index in [-0.39, 0.29) is 6.10 Å². The van der Waals surface area contributed by atoms with Gasteiger partial charge in [-0.25, -0.2) is 4.79 Å². The second-order valence-corrected chi connectivity index (χ2v) is 5.06. The molecule has 1 atom stereocenters. The predicted octanol–water partition coefficient (Wildman–Crippen LogP) is 2.70. The largest absolute Gasteiger partial charge is 0.440 e. The molecule has 19 heavy (non-hydrogen) atoms. The van der Waals surface area contributed by atoms with E-state index in [1.807, 2.05) is 30.3 Å². The highest BCUT2D eigenvalue weighted by Gasteiger charge is 2.31. The molecule has 0 aliphatic heterocycles. The third kappa shape index (κ3) is 4.24. The maximum absolute atomic E-state index is 11.1. The number of primary amides is 1. The van der Waals surface area contributed by atoms with E-state index in [0.717, 1.165) is 25.1 Å². The molecule has 1 aromatic rings. The fourth-order valence-electron chi connectivity index (χ4n) is 2.38. The number of nitrogens with zero attached hydrogens (tertiary/aromatic N) is 1. The molecule has 0 saturated heterocycles. The summed E-state index contributed by atoms with van der Waals surface area (Å²) >= 11 is 0. The van der Waals surface area contributed by atoms with Crippen molar-refractivity contribution in [3.63, 3.8) is 0 Å². The van der Waals surface area contributed by atoms with Gasteiger partial charge in [0.05, 0.1) is 0 Å². The van der Waals surface area contributed by atoms with E-state index in [4.69, 9.17) is 10.5 Å². The number of amides is 1. The van der Waals surface area contributed by atoms with Crippen LogP contribution in [0.25, 0.3) is 0 Å². The van der Waals surface area contributed by atoms with Crippen LogP contribution in [0.5, 0.6) is 0 Å². The number of carbonyl (C=O) groups excluding carboxylic acids is 1. The van der Waals surface area contributed by atoms with Gasteiger partial charge in [-0.15, -0.1) is 0 Å². The van der Waals surface area contributed by atoms with Crippen molar-refractivity contribution in [1.82, 2.24) is 4.90 Å². The molecule has 4 nitrogen and oxygen atoms in total. The summed E-state index contributed by atoms with van der Waals surface area (Å²) in [5.41, 5.74) is 6.20. The van der Waals surface area contributed by atoms with Crippen molar-refractivity contribution >= 4 is 6.09 Å². The summed E-state index contributed by atoms with van der Waals surface area (Å²) < 4.78 is 5.29. The first-order valence-electron chi connectivity index (χ1n) is 6.95. The molecule has 1 unspecified atom stereocenters. The van der Waals surface area contributed by atoms with Crippen molar-refractivity contribution in [2.45, 2.75) is 38.3 Å². The molecule has 1 amide bonds. The van der Waals surface area contributed by atoms with Crippen molar-refractivity contribution in [2.24, 2.45) is 5.73 Å². The number of ether oxygens (including phenoxy) is 1. The molecule has 0 spiro atoms. The lowest BCUT2D eigenvalue weighted by atomic mass is 10.1. The number of hydrogen-bond acceptors (Lipinski definition) is 3. The average molecular weight is 262 g/mol. The number of carbonyl (C=O) groups is 1. The molecule has 1 aliphatic carbocycles. The maximum atomic E-state index is 11.1. The van der Waals surface area contributed by atoms with Gasteiger partial charge in [-0.1, -0.05) is 37.3 Å². The lowest BCUT2D eigenvalue weighted by Crippen LogP contribution is -2.34. The SMILES string of the molecule is CCCN(CC(OC(N)=O)c1ccccc1)C1CC1. The molecule has 104 valence electrons. The van der Waals surface area contributed by atoms with Crippen LogP contribution in [0.4, 0.5) is 4.79 Å². The summed E-state index contributed by atoms with van der Waals surface area (Å²) in [6, 6.07) is 10.5. The van der Waals surface area contributed by atoms with Gasteiger partial charge in [0, 0.05) is 12.6 Å². The first kappa shape index (κ1) is 13.9. The Kier molecular flexibility index (Phi) is 4.80. The Labute approximate surface area is 114 Å². The Morgan fingerprint density at radius 2 is 2.11 bits per heavy atom. The fraction of sp³-hybridized carbons (Fsp3) is 0.533. The minimum absolute atomic E-state index is 0.272. The zero-order valence-corrected chi connectivity index (χ0v) is 11.4. The standard InChI is InChI=1S/C15H22N2O2/c1-2-10-17(13-8-9-13)11-14(19-15(16)18)12-6-4-3-5-7-12/h3-7,13-14H,2,8-11H2,1H3,(H2,16,18). The second kappa shape index (κ2) is 6.57. The minimum Gasteiger partial charge on any atom is -0.440 e. The average Bonchev–Trinajstić information content (AvgIpc) is 3.22. The molecule has 0 heterocycles. The molecule has 1 aliphatic rings. The molecule has 2 N–H and O–H groups in total. The van der Waals surface area contributed by atoms with Gasteiger partial charge in [-0.3, -0.25) is 4.90 Å². The van der Waals surface area contributed by atoms with E-state index in [1.54, 1.807) is 0 Å². The van der Waals surface area contributed by atoms with Crippen LogP contribution in [0, 0.1) is 0 Å². The summed E-state index contributed by atoms with van der Waals surface area (Å²) in [4.78, 5) is 13.5. The summed E-state index contributed by atoms with van der Waals surface area (Å²) in [6.45, 7) is 3.93.